The Morgan fingerprint density at radius 2 is 2.02 bits per heavy atom. The lowest BCUT2D eigenvalue weighted by atomic mass is 10.0. The number of alkyl carbamates (subject to hydrolysis) is 1. The second-order valence-electron chi connectivity index (χ2n) is 11.3. The number of nitrogens with zero attached hydrogens (tertiary/aromatic N) is 3. The molecule has 0 radical (unpaired) electrons. The quantitative estimate of drug-likeness (QED) is 0.207. The van der Waals surface area contributed by atoms with Gasteiger partial charge in [0.2, 0.25) is 11.8 Å². The van der Waals surface area contributed by atoms with Crippen LogP contribution in [0.3, 0.4) is 0 Å². The summed E-state index contributed by atoms with van der Waals surface area (Å²) in [5.74, 6) is -0.816. The van der Waals surface area contributed by atoms with Crippen LogP contribution < -0.4 is 21.9 Å². The minimum Gasteiger partial charge on any atom is -0.464 e. The maximum absolute atomic E-state index is 13.4. The lowest BCUT2D eigenvalue weighted by Crippen LogP contribution is -2.45. The number of amides is 3. The van der Waals surface area contributed by atoms with Crippen molar-refractivity contribution in [2.45, 2.75) is 52.1 Å². The molecule has 45 heavy (non-hydrogen) atoms. The van der Waals surface area contributed by atoms with Gasteiger partial charge in [-0.25, -0.2) is 19.1 Å². The lowest BCUT2D eigenvalue weighted by Gasteiger charge is -2.18. The number of para-hydroxylation sites is 1. The number of allylic oxidation sites excluding steroid dienone is 1. The van der Waals surface area contributed by atoms with E-state index in [9.17, 15) is 29.1 Å². The first-order chi connectivity index (χ1) is 21.5. The fraction of sp³-hybridized carbons (Fsp3) is 0.419. The normalized spacial score (nSPS) is 15.4. The fourth-order valence-electron chi connectivity index (χ4n) is 5.08. The molecular formula is C31H38N6O8. The standard InChI is InChI=1S/C31H38N6O8/c1-19(2)15-21-7-5-10-24-27(21)35-26(37(24)31(42)43)16-36-13-6-9-23(29(36)40)33-28(39)22(8-3-4-11-25(32)38)34-30(41)45-18-20-12-14-44-17-20/h4-7,9-11,13,19-20,22H,3,8,12,14-18H2,1-2H3,(H2,32,38)(H,33,39)(H,34,41)(H,42,43)/b11-4+. The predicted octanol–water partition coefficient (Wildman–Crippen LogP) is 2.86. The van der Waals surface area contributed by atoms with Crippen LogP contribution in [0.25, 0.3) is 11.0 Å². The van der Waals surface area contributed by atoms with Crippen LogP contribution in [0.5, 0.6) is 0 Å². The van der Waals surface area contributed by atoms with Crippen LogP contribution in [0.2, 0.25) is 0 Å². The number of nitrogens with two attached hydrogens (primary N) is 1. The number of carbonyl (C=O) groups is 4. The first kappa shape index (κ1) is 32.9. The van der Waals surface area contributed by atoms with Crippen molar-refractivity contribution in [2.75, 3.05) is 25.1 Å². The molecule has 1 aliphatic heterocycles. The van der Waals surface area contributed by atoms with Gasteiger partial charge in [-0.1, -0.05) is 32.1 Å². The number of primary amides is 1. The van der Waals surface area contributed by atoms with E-state index >= 15 is 0 Å². The number of aromatic nitrogens is 3. The Bertz CT molecular complexity index is 1640. The maximum atomic E-state index is 13.4. The molecule has 3 heterocycles. The SMILES string of the molecule is CC(C)Cc1cccc2c1nc(Cn1cccc(NC(=O)C(CC/C=C/C(N)=O)NC(=O)OCC3CCOC3)c1=O)n2C(=O)O. The molecule has 5 N–H and O–H groups in total. The van der Waals surface area contributed by atoms with Crippen LogP contribution in [0, 0.1) is 11.8 Å². The molecular weight excluding hydrogens is 584 g/mol. The average molecular weight is 623 g/mol. The minimum atomic E-state index is -1.24. The van der Waals surface area contributed by atoms with E-state index in [2.05, 4.69) is 29.5 Å². The Labute approximate surface area is 259 Å². The molecule has 1 aromatic carbocycles. The van der Waals surface area contributed by atoms with E-state index in [1.807, 2.05) is 6.07 Å². The van der Waals surface area contributed by atoms with Crippen molar-refractivity contribution in [3.63, 3.8) is 0 Å². The van der Waals surface area contributed by atoms with Crippen LogP contribution in [0.1, 0.15) is 44.5 Å². The summed E-state index contributed by atoms with van der Waals surface area (Å²) in [5, 5.41) is 15.1. The molecule has 3 aromatic rings. The Kier molecular flexibility index (Phi) is 11.1. The molecule has 0 saturated carbocycles. The largest absolute Gasteiger partial charge is 0.464 e. The second kappa shape index (κ2) is 15.1. The Morgan fingerprint density at radius 3 is 2.71 bits per heavy atom. The summed E-state index contributed by atoms with van der Waals surface area (Å²) in [7, 11) is 0. The summed E-state index contributed by atoms with van der Waals surface area (Å²) in [4.78, 5) is 67.1. The minimum absolute atomic E-state index is 0.0698. The van der Waals surface area contributed by atoms with Gasteiger partial charge in [0.25, 0.3) is 5.56 Å². The van der Waals surface area contributed by atoms with Crippen LogP contribution >= 0.6 is 0 Å². The number of carboxylic acid groups (broad SMARTS) is 1. The van der Waals surface area contributed by atoms with E-state index in [-0.39, 0.29) is 43.4 Å². The highest BCUT2D eigenvalue weighted by Gasteiger charge is 2.25. The summed E-state index contributed by atoms with van der Waals surface area (Å²) in [5.41, 5.74) is 6.31. The van der Waals surface area contributed by atoms with Crippen LogP contribution in [0.15, 0.2) is 53.5 Å². The third-order valence-corrected chi connectivity index (χ3v) is 7.23. The molecule has 3 amide bonds. The molecule has 240 valence electrons. The van der Waals surface area contributed by atoms with E-state index in [1.165, 1.54) is 29.0 Å². The van der Waals surface area contributed by atoms with Gasteiger partial charge >= 0.3 is 12.2 Å². The van der Waals surface area contributed by atoms with Gasteiger partial charge in [-0.05, 0) is 61.4 Å². The first-order valence-electron chi connectivity index (χ1n) is 14.7. The molecule has 0 spiro atoms. The number of hydrogen-bond acceptors (Lipinski definition) is 8. The number of nitrogens with one attached hydrogen (secondary N) is 2. The van der Waals surface area contributed by atoms with Crippen molar-refractivity contribution in [1.82, 2.24) is 19.4 Å². The predicted molar refractivity (Wildman–Crippen MR) is 165 cm³/mol. The second-order valence-corrected chi connectivity index (χ2v) is 11.3. The summed E-state index contributed by atoms with van der Waals surface area (Å²) < 4.78 is 12.9. The van der Waals surface area contributed by atoms with Crippen molar-refractivity contribution in [3.8, 4) is 0 Å². The van der Waals surface area contributed by atoms with Crippen LogP contribution in [-0.2, 0) is 32.0 Å². The molecule has 14 heteroatoms. The molecule has 2 atom stereocenters. The molecule has 0 bridgehead atoms. The maximum Gasteiger partial charge on any atom is 0.417 e. The number of imidazole rings is 1. The molecule has 0 aliphatic carbocycles. The van der Waals surface area contributed by atoms with Gasteiger partial charge in [-0.15, -0.1) is 0 Å². The van der Waals surface area contributed by atoms with Crippen LogP contribution in [0.4, 0.5) is 15.3 Å². The lowest BCUT2D eigenvalue weighted by molar-refractivity contribution is -0.118. The topological polar surface area (TPSA) is 197 Å². The number of hydrogen-bond donors (Lipinski definition) is 4. The third kappa shape index (κ3) is 8.79. The Hall–Kier alpha value is -4.98. The van der Waals surface area contributed by atoms with Crippen LogP contribution in [-0.4, -0.2) is 69.1 Å². The zero-order valence-electron chi connectivity index (χ0n) is 25.2. The Morgan fingerprint density at radius 1 is 1.22 bits per heavy atom. The zero-order valence-corrected chi connectivity index (χ0v) is 25.2. The molecule has 1 aliphatic rings. The fourth-order valence-corrected chi connectivity index (χ4v) is 5.08. The molecule has 14 nitrogen and oxygen atoms in total. The number of fused-ring (bicyclic) bond motifs is 1. The van der Waals surface area contributed by atoms with Crippen molar-refractivity contribution < 1.29 is 33.8 Å². The van der Waals surface area contributed by atoms with E-state index in [0.717, 1.165) is 22.6 Å². The average Bonchev–Trinajstić information content (AvgIpc) is 3.63. The number of benzene rings is 1. The first-order valence-corrected chi connectivity index (χ1v) is 14.7. The zero-order chi connectivity index (χ0) is 32.5. The van der Waals surface area contributed by atoms with Gasteiger partial charge in [0.15, 0.2) is 0 Å². The van der Waals surface area contributed by atoms with Crippen molar-refractivity contribution in [3.05, 3.63) is 70.4 Å². The van der Waals surface area contributed by atoms with E-state index in [1.54, 1.807) is 12.1 Å². The van der Waals surface area contributed by atoms with Crippen molar-refractivity contribution in [2.24, 2.45) is 17.6 Å². The molecule has 2 aromatic heterocycles. The monoisotopic (exact) mass is 622 g/mol. The molecule has 2 unspecified atom stereocenters. The van der Waals surface area contributed by atoms with Gasteiger partial charge in [0, 0.05) is 18.7 Å². The summed E-state index contributed by atoms with van der Waals surface area (Å²) in [6, 6.07) is 7.17. The van der Waals surface area contributed by atoms with E-state index in [0.29, 0.717) is 36.6 Å². The summed E-state index contributed by atoms with van der Waals surface area (Å²) >= 11 is 0. The van der Waals surface area contributed by atoms with Crippen molar-refractivity contribution in [1.29, 1.82) is 0 Å². The number of rotatable bonds is 13. The molecule has 1 saturated heterocycles. The molecule has 1 fully saturated rings. The number of carbonyl (C=O) groups excluding carboxylic acids is 3. The number of ether oxygens (including phenoxy) is 2. The summed E-state index contributed by atoms with van der Waals surface area (Å²) in [6.07, 6.45) is 3.81. The van der Waals surface area contributed by atoms with Crippen molar-refractivity contribution >= 4 is 40.7 Å². The smallest absolute Gasteiger partial charge is 0.417 e. The van der Waals surface area contributed by atoms with E-state index < -0.39 is 35.6 Å². The Balaban J connectivity index is 1.53. The highest BCUT2D eigenvalue weighted by molar-refractivity contribution is 5.96. The number of anilines is 1. The van der Waals surface area contributed by atoms with Gasteiger partial charge in [0.05, 0.1) is 30.8 Å². The van der Waals surface area contributed by atoms with Gasteiger partial charge < -0.3 is 35.5 Å². The summed E-state index contributed by atoms with van der Waals surface area (Å²) in [6.45, 7) is 5.14. The third-order valence-electron chi connectivity index (χ3n) is 7.23. The van der Waals surface area contributed by atoms with Gasteiger partial charge in [-0.3, -0.25) is 14.4 Å². The molecule has 4 rings (SSSR count). The van der Waals surface area contributed by atoms with E-state index in [4.69, 9.17) is 15.2 Å². The highest BCUT2D eigenvalue weighted by Crippen LogP contribution is 2.23. The number of pyridine rings is 1. The highest BCUT2D eigenvalue weighted by atomic mass is 16.6. The van der Waals surface area contributed by atoms with Gasteiger partial charge in [-0.2, -0.15) is 0 Å². The van der Waals surface area contributed by atoms with Gasteiger partial charge in [0.1, 0.15) is 17.6 Å².